The van der Waals surface area contributed by atoms with Crippen molar-refractivity contribution in [2.24, 2.45) is 0 Å². The van der Waals surface area contributed by atoms with Crippen molar-refractivity contribution in [2.75, 3.05) is 6.26 Å². The van der Waals surface area contributed by atoms with Crippen molar-refractivity contribution in [1.29, 1.82) is 0 Å². The van der Waals surface area contributed by atoms with Crippen molar-refractivity contribution in [3.05, 3.63) is 53.0 Å². The number of hydrogen-bond donors (Lipinski definition) is 0. The highest BCUT2D eigenvalue weighted by molar-refractivity contribution is 7.91. The summed E-state index contributed by atoms with van der Waals surface area (Å²) in [7, 11) is -3.37. The van der Waals surface area contributed by atoms with Crippen LogP contribution in [0.15, 0.2) is 35.4 Å². The first-order chi connectivity index (χ1) is 12.8. The second-order valence-corrected chi connectivity index (χ2v) is 9.46. The number of benzene rings is 1. The summed E-state index contributed by atoms with van der Waals surface area (Å²) in [5.41, 5.74) is 4.98. The van der Waals surface area contributed by atoms with Gasteiger partial charge in [0.2, 0.25) is 0 Å². The summed E-state index contributed by atoms with van der Waals surface area (Å²) in [5, 5.41) is 0.791. The number of aryl methyl sites for hydroxylation is 2. The minimum absolute atomic E-state index is 0.302. The zero-order chi connectivity index (χ0) is 19.3. The SMILES string of the molecule is Cc1ccc(OCc2ncc(S(C)(=O)=O)c3c(C)c(C)n(C4CC4)c23)cc1. The molecule has 4 rings (SSSR count). The molecule has 0 saturated heterocycles. The van der Waals surface area contributed by atoms with Crippen molar-refractivity contribution in [2.45, 2.75) is 51.2 Å². The molecule has 2 heterocycles. The Labute approximate surface area is 159 Å². The van der Waals surface area contributed by atoms with Gasteiger partial charge in [-0.25, -0.2) is 8.42 Å². The third kappa shape index (κ3) is 3.23. The van der Waals surface area contributed by atoms with Crippen LogP contribution in [0.4, 0.5) is 0 Å². The van der Waals surface area contributed by atoms with E-state index in [0.29, 0.717) is 17.5 Å². The van der Waals surface area contributed by atoms with E-state index in [9.17, 15) is 8.42 Å². The monoisotopic (exact) mass is 384 g/mol. The quantitative estimate of drug-likeness (QED) is 0.659. The molecule has 2 aromatic heterocycles. The van der Waals surface area contributed by atoms with E-state index in [-0.39, 0.29) is 0 Å². The lowest BCUT2D eigenvalue weighted by molar-refractivity contribution is 0.302. The van der Waals surface area contributed by atoms with Crippen LogP contribution < -0.4 is 4.74 Å². The summed E-state index contributed by atoms with van der Waals surface area (Å²) in [4.78, 5) is 4.81. The average Bonchev–Trinajstić information content (AvgIpc) is 3.41. The first kappa shape index (κ1) is 18.0. The lowest BCUT2D eigenvalue weighted by atomic mass is 10.1. The maximum atomic E-state index is 12.3. The van der Waals surface area contributed by atoms with Gasteiger partial charge < -0.3 is 9.30 Å². The Morgan fingerprint density at radius 3 is 2.41 bits per heavy atom. The largest absolute Gasteiger partial charge is 0.487 e. The van der Waals surface area contributed by atoms with Gasteiger partial charge in [0.25, 0.3) is 0 Å². The van der Waals surface area contributed by atoms with Crippen LogP contribution in [0.3, 0.4) is 0 Å². The number of ether oxygens (including phenoxy) is 1. The van der Waals surface area contributed by atoms with E-state index in [1.807, 2.05) is 38.1 Å². The number of fused-ring (bicyclic) bond motifs is 1. The molecule has 0 atom stereocenters. The molecule has 0 amide bonds. The Morgan fingerprint density at radius 1 is 1.15 bits per heavy atom. The predicted molar refractivity (Wildman–Crippen MR) is 106 cm³/mol. The molecule has 1 saturated carbocycles. The van der Waals surface area contributed by atoms with Crippen LogP contribution in [0.1, 0.15) is 41.4 Å². The standard InChI is InChI=1S/C21H24N2O3S/c1-13-5-9-17(10-6-13)26-12-18-21-20(19(11-22-18)27(4,24)25)14(2)15(3)23(21)16-7-8-16/h5-6,9-11,16H,7-8,12H2,1-4H3. The van der Waals surface area contributed by atoms with E-state index in [1.54, 1.807) is 0 Å². The molecular weight excluding hydrogens is 360 g/mol. The molecule has 1 fully saturated rings. The van der Waals surface area contributed by atoms with Crippen molar-refractivity contribution >= 4 is 20.7 Å². The van der Waals surface area contributed by atoms with Crippen molar-refractivity contribution in [1.82, 2.24) is 9.55 Å². The molecule has 1 aliphatic carbocycles. The fourth-order valence-electron chi connectivity index (χ4n) is 3.64. The normalized spacial score (nSPS) is 14.7. The highest BCUT2D eigenvalue weighted by atomic mass is 32.2. The van der Waals surface area contributed by atoms with Crippen LogP contribution in [0, 0.1) is 20.8 Å². The molecule has 6 heteroatoms. The lowest BCUT2D eigenvalue weighted by Crippen LogP contribution is -2.07. The van der Waals surface area contributed by atoms with Gasteiger partial charge in [-0.1, -0.05) is 17.7 Å². The minimum Gasteiger partial charge on any atom is -0.487 e. The molecule has 0 aliphatic heterocycles. The topological polar surface area (TPSA) is 61.2 Å². The molecule has 0 spiro atoms. The summed E-state index contributed by atoms with van der Waals surface area (Å²) in [6.07, 6.45) is 4.96. The maximum Gasteiger partial charge on any atom is 0.177 e. The van der Waals surface area contributed by atoms with Gasteiger partial charge in [0.1, 0.15) is 18.1 Å². The Hall–Kier alpha value is -2.34. The van der Waals surface area contributed by atoms with Crippen molar-refractivity contribution in [3.63, 3.8) is 0 Å². The van der Waals surface area contributed by atoms with Crippen LogP contribution in [0.25, 0.3) is 10.9 Å². The molecule has 142 valence electrons. The molecule has 5 nitrogen and oxygen atoms in total. The van der Waals surface area contributed by atoms with Gasteiger partial charge in [-0.15, -0.1) is 0 Å². The fourth-order valence-corrected chi connectivity index (χ4v) is 4.50. The van der Waals surface area contributed by atoms with Gasteiger partial charge in [0, 0.05) is 29.6 Å². The third-order valence-corrected chi connectivity index (χ3v) is 6.43. The third-order valence-electron chi connectivity index (χ3n) is 5.32. The Kier molecular flexibility index (Phi) is 4.26. The summed E-state index contributed by atoms with van der Waals surface area (Å²) in [6, 6.07) is 8.32. The summed E-state index contributed by atoms with van der Waals surface area (Å²) < 4.78 is 32.9. The molecule has 0 radical (unpaired) electrons. The predicted octanol–water partition coefficient (Wildman–Crippen LogP) is 4.28. The highest BCUT2D eigenvalue weighted by Gasteiger charge is 2.31. The average molecular weight is 385 g/mol. The summed E-state index contributed by atoms with van der Waals surface area (Å²) in [6.45, 7) is 6.40. The summed E-state index contributed by atoms with van der Waals surface area (Å²) >= 11 is 0. The number of aromatic nitrogens is 2. The van der Waals surface area contributed by atoms with Gasteiger partial charge in [-0.05, 0) is 51.3 Å². The first-order valence-corrected chi connectivity index (χ1v) is 11.0. The smallest absolute Gasteiger partial charge is 0.177 e. The first-order valence-electron chi connectivity index (χ1n) is 9.16. The van der Waals surface area contributed by atoms with Crippen LogP contribution in [-0.2, 0) is 16.4 Å². The maximum absolute atomic E-state index is 12.3. The number of nitrogens with zero attached hydrogens (tertiary/aromatic N) is 2. The van der Waals surface area contributed by atoms with Crippen LogP contribution >= 0.6 is 0 Å². The second-order valence-electron chi connectivity index (χ2n) is 7.48. The molecule has 0 N–H and O–H groups in total. The van der Waals surface area contributed by atoms with E-state index in [4.69, 9.17) is 4.74 Å². The van der Waals surface area contributed by atoms with Gasteiger partial charge in [-0.2, -0.15) is 0 Å². The molecule has 27 heavy (non-hydrogen) atoms. The van der Waals surface area contributed by atoms with E-state index < -0.39 is 9.84 Å². The molecular formula is C21H24N2O3S. The molecule has 1 aliphatic rings. The molecule has 1 aromatic carbocycles. The fraction of sp³-hybridized carbons (Fsp3) is 0.381. The van der Waals surface area contributed by atoms with Crippen molar-refractivity contribution < 1.29 is 13.2 Å². The van der Waals surface area contributed by atoms with Gasteiger partial charge >= 0.3 is 0 Å². The number of sulfone groups is 1. The van der Waals surface area contributed by atoms with Crippen LogP contribution in [-0.4, -0.2) is 24.2 Å². The lowest BCUT2D eigenvalue weighted by Gasteiger charge is -2.12. The van der Waals surface area contributed by atoms with Gasteiger partial charge in [-0.3, -0.25) is 4.98 Å². The Balaban J connectivity index is 1.85. The zero-order valence-electron chi connectivity index (χ0n) is 16.1. The molecule has 3 aromatic rings. The zero-order valence-corrected chi connectivity index (χ0v) is 16.9. The van der Waals surface area contributed by atoms with Crippen molar-refractivity contribution in [3.8, 4) is 5.75 Å². The van der Waals surface area contributed by atoms with E-state index in [1.165, 1.54) is 18.0 Å². The highest BCUT2D eigenvalue weighted by Crippen LogP contribution is 2.43. The number of rotatable bonds is 5. The second kappa shape index (κ2) is 6.37. The Bertz CT molecular complexity index is 1120. The minimum atomic E-state index is -3.37. The number of hydrogen-bond acceptors (Lipinski definition) is 4. The van der Waals surface area contributed by atoms with Gasteiger partial charge in [0.15, 0.2) is 9.84 Å². The number of pyridine rings is 1. The van der Waals surface area contributed by atoms with Crippen LogP contribution in [0.2, 0.25) is 0 Å². The Morgan fingerprint density at radius 2 is 1.81 bits per heavy atom. The van der Waals surface area contributed by atoms with E-state index >= 15 is 0 Å². The van der Waals surface area contributed by atoms with Crippen LogP contribution in [0.5, 0.6) is 5.75 Å². The summed E-state index contributed by atoms with van der Waals surface area (Å²) in [5.74, 6) is 0.778. The van der Waals surface area contributed by atoms with E-state index in [2.05, 4.69) is 16.5 Å². The molecule has 0 bridgehead atoms. The van der Waals surface area contributed by atoms with E-state index in [0.717, 1.165) is 46.4 Å². The van der Waals surface area contributed by atoms with Gasteiger partial charge in [0.05, 0.1) is 10.4 Å². The molecule has 0 unspecified atom stereocenters.